The maximum atomic E-state index is 12.3. The van der Waals surface area contributed by atoms with Crippen LogP contribution in [0.15, 0.2) is 18.2 Å². The van der Waals surface area contributed by atoms with Crippen LogP contribution < -0.4 is 9.47 Å². The van der Waals surface area contributed by atoms with Gasteiger partial charge in [0.25, 0.3) is 0 Å². The maximum Gasteiger partial charge on any atom is 0.388 e. The fourth-order valence-corrected chi connectivity index (χ4v) is 2.12. The van der Waals surface area contributed by atoms with Gasteiger partial charge in [0.2, 0.25) is 5.88 Å². The van der Waals surface area contributed by atoms with Crippen molar-refractivity contribution >= 4 is 11.6 Å². The number of halogens is 3. The Morgan fingerprint density at radius 3 is 2.71 bits per heavy atom. The fourth-order valence-electron chi connectivity index (χ4n) is 1.81. The molecule has 0 fully saturated rings. The highest BCUT2D eigenvalue weighted by atomic mass is 35.5. The number of methoxy groups -OCH3 is 1. The number of alkyl halides is 2. The maximum absolute atomic E-state index is 12.3. The second-order valence-electron chi connectivity index (χ2n) is 4.00. The molecule has 0 saturated heterocycles. The molecule has 0 saturated carbocycles. The monoisotopic (exact) mass is 313 g/mol. The third kappa shape index (κ3) is 2.90. The number of rotatable bonds is 4. The zero-order chi connectivity index (χ0) is 15.6. The largest absolute Gasteiger partial charge is 0.495 e. The molecule has 0 amide bonds. The molecule has 0 radical (unpaired) electrons. The minimum atomic E-state index is -3.00. The van der Waals surface area contributed by atoms with E-state index in [1.807, 2.05) is 6.07 Å². The van der Waals surface area contributed by atoms with Crippen LogP contribution in [0.1, 0.15) is 5.56 Å². The Morgan fingerprint density at radius 2 is 2.14 bits per heavy atom. The molecule has 0 atom stereocenters. The van der Waals surface area contributed by atoms with Gasteiger partial charge in [-0.2, -0.15) is 19.1 Å². The van der Waals surface area contributed by atoms with Gasteiger partial charge in [-0.15, -0.1) is 0 Å². The predicted molar refractivity (Wildman–Crippen MR) is 71.6 cm³/mol. The Hall–Kier alpha value is -2.33. The van der Waals surface area contributed by atoms with Crippen molar-refractivity contribution in [1.29, 1.82) is 5.26 Å². The summed E-state index contributed by atoms with van der Waals surface area (Å²) in [6.07, 6.45) is 0. The lowest BCUT2D eigenvalue weighted by Gasteiger charge is -2.05. The minimum absolute atomic E-state index is 0.0374. The first-order chi connectivity index (χ1) is 9.97. The van der Waals surface area contributed by atoms with E-state index in [1.165, 1.54) is 20.2 Å². The molecule has 1 aromatic carbocycles. The van der Waals surface area contributed by atoms with Crippen LogP contribution in [0.3, 0.4) is 0 Å². The zero-order valence-corrected chi connectivity index (χ0v) is 11.9. The fraction of sp³-hybridized carbons (Fsp3) is 0.231. The quantitative estimate of drug-likeness (QED) is 0.869. The average molecular weight is 314 g/mol. The molecule has 1 heterocycles. The highest BCUT2D eigenvalue weighted by Crippen LogP contribution is 2.37. The molecule has 0 bridgehead atoms. The lowest BCUT2D eigenvalue weighted by molar-refractivity contribution is -0.0552. The minimum Gasteiger partial charge on any atom is -0.495 e. The lowest BCUT2D eigenvalue weighted by Crippen LogP contribution is -2.06. The van der Waals surface area contributed by atoms with Crippen LogP contribution in [0.5, 0.6) is 11.6 Å². The summed E-state index contributed by atoms with van der Waals surface area (Å²) in [5, 5.41) is 12.9. The molecule has 0 aliphatic heterocycles. The number of hydrogen-bond donors (Lipinski definition) is 0. The molecule has 1 aromatic heterocycles. The normalized spacial score (nSPS) is 10.5. The van der Waals surface area contributed by atoms with E-state index in [-0.39, 0.29) is 16.6 Å². The summed E-state index contributed by atoms with van der Waals surface area (Å²) < 4.78 is 35.2. The summed E-state index contributed by atoms with van der Waals surface area (Å²) in [4.78, 5) is 0. The van der Waals surface area contributed by atoms with E-state index in [0.29, 0.717) is 16.9 Å². The van der Waals surface area contributed by atoms with E-state index in [2.05, 4.69) is 9.84 Å². The van der Waals surface area contributed by atoms with Gasteiger partial charge < -0.3 is 9.47 Å². The molecule has 8 heteroatoms. The van der Waals surface area contributed by atoms with Gasteiger partial charge in [0, 0.05) is 12.6 Å². The van der Waals surface area contributed by atoms with Crippen LogP contribution in [0.4, 0.5) is 8.78 Å². The first-order valence-corrected chi connectivity index (χ1v) is 6.11. The van der Waals surface area contributed by atoms with Crippen LogP contribution in [-0.2, 0) is 7.05 Å². The average Bonchev–Trinajstić information content (AvgIpc) is 2.74. The van der Waals surface area contributed by atoms with Gasteiger partial charge in [0.1, 0.15) is 22.5 Å². The number of nitriles is 1. The van der Waals surface area contributed by atoms with Gasteiger partial charge in [-0.1, -0.05) is 17.7 Å². The van der Waals surface area contributed by atoms with E-state index in [1.54, 1.807) is 12.1 Å². The summed E-state index contributed by atoms with van der Waals surface area (Å²) in [5.41, 5.74) is 1.13. The van der Waals surface area contributed by atoms with Gasteiger partial charge >= 0.3 is 6.61 Å². The number of nitrogens with zero attached hydrogens (tertiary/aromatic N) is 3. The Bertz CT molecular complexity index is 710. The van der Waals surface area contributed by atoms with E-state index in [9.17, 15) is 8.78 Å². The van der Waals surface area contributed by atoms with Crippen molar-refractivity contribution in [3.05, 3.63) is 28.8 Å². The summed E-state index contributed by atoms with van der Waals surface area (Å²) in [6.45, 7) is -3.00. The van der Waals surface area contributed by atoms with E-state index >= 15 is 0 Å². The molecule has 2 rings (SSSR count). The smallest absolute Gasteiger partial charge is 0.388 e. The Balaban J connectivity index is 2.50. The topological polar surface area (TPSA) is 60.1 Å². The second-order valence-corrected chi connectivity index (χ2v) is 4.37. The molecular formula is C13H10ClF2N3O2. The van der Waals surface area contributed by atoms with Crippen LogP contribution in [0, 0.1) is 11.3 Å². The van der Waals surface area contributed by atoms with Crippen molar-refractivity contribution < 1.29 is 18.3 Å². The summed E-state index contributed by atoms with van der Waals surface area (Å²) >= 11 is 6.03. The number of aromatic nitrogens is 2. The number of benzene rings is 1. The third-order valence-electron chi connectivity index (χ3n) is 2.74. The highest BCUT2D eigenvalue weighted by Gasteiger charge is 2.21. The molecule has 0 spiro atoms. The van der Waals surface area contributed by atoms with Crippen LogP contribution in [0.25, 0.3) is 11.3 Å². The zero-order valence-electron chi connectivity index (χ0n) is 11.1. The molecule has 2 aromatic rings. The van der Waals surface area contributed by atoms with Crippen molar-refractivity contribution in [1.82, 2.24) is 9.78 Å². The van der Waals surface area contributed by atoms with Gasteiger partial charge in [-0.25, -0.2) is 4.68 Å². The summed E-state index contributed by atoms with van der Waals surface area (Å²) in [6, 6.07) is 6.66. The van der Waals surface area contributed by atoms with Gasteiger partial charge in [-0.3, -0.25) is 0 Å². The first kappa shape index (κ1) is 15.1. The number of hydrogen-bond acceptors (Lipinski definition) is 4. The standard InChI is InChI=1S/C13H10ClF2N3O2/c1-19-12(21-13(15)16)10(14)11(18-19)7-3-4-8(6-17)9(5-7)20-2/h3-5,13H,1-2H3. The Labute approximate surface area is 124 Å². The predicted octanol–water partition coefficient (Wildman–Crippen LogP) is 3.22. The number of aryl methyl sites for hydroxylation is 1. The molecule has 0 N–H and O–H groups in total. The lowest BCUT2D eigenvalue weighted by atomic mass is 10.1. The van der Waals surface area contributed by atoms with Gasteiger partial charge in [0.15, 0.2) is 0 Å². The van der Waals surface area contributed by atoms with Crippen LogP contribution >= 0.6 is 11.6 Å². The molecule has 0 aliphatic carbocycles. The molecule has 0 aliphatic rings. The molecule has 5 nitrogen and oxygen atoms in total. The van der Waals surface area contributed by atoms with Crippen molar-refractivity contribution in [2.45, 2.75) is 6.61 Å². The van der Waals surface area contributed by atoms with Crippen LogP contribution in [0.2, 0.25) is 5.02 Å². The summed E-state index contributed by atoms with van der Waals surface area (Å²) in [5.74, 6) is 0.109. The van der Waals surface area contributed by atoms with Crippen molar-refractivity contribution in [2.75, 3.05) is 7.11 Å². The summed E-state index contributed by atoms with van der Waals surface area (Å²) in [7, 11) is 2.86. The Kier molecular flexibility index (Phi) is 4.29. The SMILES string of the molecule is COc1cc(-c2nn(C)c(OC(F)F)c2Cl)ccc1C#N. The molecule has 110 valence electrons. The van der Waals surface area contributed by atoms with Crippen LogP contribution in [-0.4, -0.2) is 23.5 Å². The van der Waals surface area contributed by atoms with Crippen molar-refractivity contribution in [3.63, 3.8) is 0 Å². The Morgan fingerprint density at radius 1 is 1.43 bits per heavy atom. The molecule has 0 unspecified atom stereocenters. The van der Waals surface area contributed by atoms with Crippen molar-refractivity contribution in [2.24, 2.45) is 7.05 Å². The van der Waals surface area contributed by atoms with Crippen molar-refractivity contribution in [3.8, 4) is 29.0 Å². The van der Waals surface area contributed by atoms with Gasteiger partial charge in [-0.05, 0) is 12.1 Å². The van der Waals surface area contributed by atoms with E-state index in [0.717, 1.165) is 4.68 Å². The van der Waals surface area contributed by atoms with Gasteiger partial charge in [0.05, 0.1) is 12.7 Å². The van der Waals surface area contributed by atoms with E-state index in [4.69, 9.17) is 21.6 Å². The van der Waals surface area contributed by atoms with E-state index < -0.39 is 6.61 Å². The number of ether oxygens (including phenoxy) is 2. The second kappa shape index (κ2) is 5.97. The molecule has 21 heavy (non-hydrogen) atoms. The highest BCUT2D eigenvalue weighted by molar-refractivity contribution is 6.34. The first-order valence-electron chi connectivity index (χ1n) is 5.73. The molecular weight excluding hydrogens is 304 g/mol. The third-order valence-corrected chi connectivity index (χ3v) is 3.08.